The van der Waals surface area contributed by atoms with Crippen molar-refractivity contribution in [3.05, 3.63) is 65.7 Å². The van der Waals surface area contributed by atoms with Crippen LogP contribution in [0.2, 0.25) is 0 Å². The SMILES string of the molecule is Cc1ccc(S(=O)(=O)OCCOCCOCc2ccccc2)cc1. The third-order valence-corrected chi connectivity index (χ3v) is 4.59. The van der Waals surface area contributed by atoms with Gasteiger partial charge in [0.2, 0.25) is 0 Å². The van der Waals surface area contributed by atoms with Crippen LogP contribution in [-0.4, -0.2) is 34.8 Å². The summed E-state index contributed by atoms with van der Waals surface area (Å²) in [6, 6.07) is 16.4. The Morgan fingerprint density at radius 1 is 0.792 bits per heavy atom. The smallest absolute Gasteiger partial charge is 0.297 e. The van der Waals surface area contributed by atoms with E-state index in [-0.39, 0.29) is 18.1 Å². The van der Waals surface area contributed by atoms with Crippen LogP contribution in [0, 0.1) is 6.92 Å². The van der Waals surface area contributed by atoms with Crippen molar-refractivity contribution in [2.75, 3.05) is 26.4 Å². The molecule has 0 aromatic heterocycles. The number of rotatable bonds is 10. The van der Waals surface area contributed by atoms with Crippen LogP contribution >= 0.6 is 0 Å². The van der Waals surface area contributed by atoms with Gasteiger partial charge in [-0.05, 0) is 24.6 Å². The average molecular weight is 350 g/mol. The number of aryl methyl sites for hydroxylation is 1. The van der Waals surface area contributed by atoms with E-state index in [0.717, 1.165) is 11.1 Å². The maximum atomic E-state index is 11.9. The molecule has 0 unspecified atom stereocenters. The Morgan fingerprint density at radius 3 is 2.12 bits per heavy atom. The summed E-state index contributed by atoms with van der Waals surface area (Å²) in [5, 5.41) is 0. The summed E-state index contributed by atoms with van der Waals surface area (Å²) in [7, 11) is -3.72. The largest absolute Gasteiger partial charge is 0.377 e. The fraction of sp³-hybridized carbons (Fsp3) is 0.333. The topological polar surface area (TPSA) is 61.8 Å². The highest BCUT2D eigenvalue weighted by Crippen LogP contribution is 2.12. The van der Waals surface area contributed by atoms with Crippen LogP contribution < -0.4 is 0 Å². The molecule has 0 N–H and O–H groups in total. The molecule has 0 saturated carbocycles. The van der Waals surface area contributed by atoms with Crippen molar-refractivity contribution in [2.24, 2.45) is 0 Å². The maximum absolute atomic E-state index is 11.9. The van der Waals surface area contributed by atoms with Gasteiger partial charge >= 0.3 is 0 Å². The first-order chi connectivity index (χ1) is 11.6. The predicted molar refractivity (Wildman–Crippen MR) is 91.2 cm³/mol. The van der Waals surface area contributed by atoms with Gasteiger partial charge in [0.1, 0.15) is 0 Å². The van der Waals surface area contributed by atoms with E-state index >= 15 is 0 Å². The van der Waals surface area contributed by atoms with Gasteiger partial charge in [-0.1, -0.05) is 48.0 Å². The molecule has 0 amide bonds. The average Bonchev–Trinajstić information content (AvgIpc) is 2.58. The van der Waals surface area contributed by atoms with Crippen molar-refractivity contribution in [1.29, 1.82) is 0 Å². The molecule has 0 spiro atoms. The van der Waals surface area contributed by atoms with Crippen LogP contribution in [-0.2, 0) is 30.4 Å². The van der Waals surface area contributed by atoms with Gasteiger partial charge in [0, 0.05) is 0 Å². The zero-order valence-electron chi connectivity index (χ0n) is 13.7. The zero-order valence-corrected chi connectivity index (χ0v) is 14.5. The molecular formula is C18H22O5S. The minimum Gasteiger partial charge on any atom is -0.377 e. The summed E-state index contributed by atoms with van der Waals surface area (Å²) in [4.78, 5) is 0.152. The van der Waals surface area contributed by atoms with Gasteiger partial charge in [-0.25, -0.2) is 0 Å². The van der Waals surface area contributed by atoms with E-state index in [4.69, 9.17) is 13.7 Å². The van der Waals surface area contributed by atoms with Crippen molar-refractivity contribution in [2.45, 2.75) is 18.4 Å². The first kappa shape index (κ1) is 18.6. The van der Waals surface area contributed by atoms with Crippen LogP contribution in [0.5, 0.6) is 0 Å². The fourth-order valence-electron chi connectivity index (χ4n) is 1.96. The fourth-order valence-corrected chi connectivity index (χ4v) is 2.85. The first-order valence-electron chi connectivity index (χ1n) is 7.73. The maximum Gasteiger partial charge on any atom is 0.297 e. The molecule has 6 heteroatoms. The second-order valence-corrected chi connectivity index (χ2v) is 6.86. The Hall–Kier alpha value is -1.73. The molecule has 0 saturated heterocycles. The number of hydrogen-bond donors (Lipinski definition) is 0. The molecule has 2 rings (SSSR count). The number of hydrogen-bond acceptors (Lipinski definition) is 5. The van der Waals surface area contributed by atoms with Gasteiger partial charge in [0.05, 0.1) is 37.9 Å². The van der Waals surface area contributed by atoms with Crippen LogP contribution in [0.25, 0.3) is 0 Å². The van der Waals surface area contributed by atoms with E-state index in [1.165, 1.54) is 12.1 Å². The molecular weight excluding hydrogens is 328 g/mol. The van der Waals surface area contributed by atoms with Gasteiger partial charge in [-0.15, -0.1) is 0 Å². The van der Waals surface area contributed by atoms with E-state index in [1.54, 1.807) is 12.1 Å². The quantitative estimate of drug-likeness (QED) is 0.487. The molecule has 0 radical (unpaired) electrons. The Kier molecular flexibility index (Phi) is 7.39. The lowest BCUT2D eigenvalue weighted by Crippen LogP contribution is -2.13. The highest BCUT2D eigenvalue weighted by atomic mass is 32.2. The van der Waals surface area contributed by atoms with Gasteiger partial charge in [0.25, 0.3) is 10.1 Å². The van der Waals surface area contributed by atoms with E-state index in [1.807, 2.05) is 37.3 Å². The lowest BCUT2D eigenvalue weighted by molar-refractivity contribution is 0.0310. The summed E-state index contributed by atoms with van der Waals surface area (Å²) < 4.78 is 39.6. The highest BCUT2D eigenvalue weighted by Gasteiger charge is 2.14. The predicted octanol–water partition coefficient (Wildman–Crippen LogP) is 2.93. The molecule has 0 atom stereocenters. The Morgan fingerprint density at radius 2 is 1.42 bits per heavy atom. The Balaban J connectivity index is 1.57. The van der Waals surface area contributed by atoms with Gasteiger partial charge in [0.15, 0.2) is 0 Å². The first-order valence-corrected chi connectivity index (χ1v) is 9.14. The van der Waals surface area contributed by atoms with Gasteiger partial charge < -0.3 is 9.47 Å². The van der Waals surface area contributed by atoms with E-state index in [9.17, 15) is 8.42 Å². The van der Waals surface area contributed by atoms with Crippen LogP contribution in [0.15, 0.2) is 59.5 Å². The van der Waals surface area contributed by atoms with Crippen LogP contribution in [0.4, 0.5) is 0 Å². The summed E-state index contributed by atoms with van der Waals surface area (Å²) in [5.74, 6) is 0. The summed E-state index contributed by atoms with van der Waals surface area (Å²) in [6.45, 7) is 3.43. The van der Waals surface area contributed by atoms with Crippen molar-refractivity contribution in [3.8, 4) is 0 Å². The van der Waals surface area contributed by atoms with Gasteiger partial charge in [-0.3, -0.25) is 4.18 Å². The molecule has 0 fully saturated rings. The monoisotopic (exact) mass is 350 g/mol. The molecule has 130 valence electrons. The Bertz CT molecular complexity index is 696. The minimum atomic E-state index is -3.72. The molecule has 5 nitrogen and oxygen atoms in total. The van der Waals surface area contributed by atoms with Crippen molar-refractivity contribution < 1.29 is 22.1 Å². The van der Waals surface area contributed by atoms with E-state index < -0.39 is 10.1 Å². The molecule has 0 aliphatic heterocycles. The minimum absolute atomic E-state index is 0.0190. The van der Waals surface area contributed by atoms with E-state index in [0.29, 0.717) is 19.8 Å². The Labute approximate surface area is 143 Å². The van der Waals surface area contributed by atoms with Crippen LogP contribution in [0.3, 0.4) is 0 Å². The second kappa shape index (κ2) is 9.54. The summed E-state index contributed by atoms with van der Waals surface area (Å²) in [5.41, 5.74) is 2.10. The number of benzene rings is 2. The van der Waals surface area contributed by atoms with Gasteiger partial charge in [-0.2, -0.15) is 8.42 Å². The standard InChI is InChI=1S/C18H22O5S/c1-16-7-9-18(10-8-16)24(19,20)23-14-13-21-11-12-22-15-17-5-3-2-4-6-17/h2-10H,11-15H2,1H3. The van der Waals surface area contributed by atoms with Crippen molar-refractivity contribution in [1.82, 2.24) is 0 Å². The molecule has 24 heavy (non-hydrogen) atoms. The molecule has 2 aromatic carbocycles. The second-order valence-electron chi connectivity index (χ2n) is 5.24. The number of ether oxygens (including phenoxy) is 2. The lowest BCUT2D eigenvalue weighted by Gasteiger charge is -2.07. The summed E-state index contributed by atoms with van der Waals surface area (Å²) >= 11 is 0. The highest BCUT2D eigenvalue weighted by molar-refractivity contribution is 7.86. The third-order valence-electron chi connectivity index (χ3n) is 3.26. The van der Waals surface area contributed by atoms with E-state index in [2.05, 4.69) is 0 Å². The molecule has 0 bridgehead atoms. The molecule has 2 aromatic rings. The van der Waals surface area contributed by atoms with Crippen LogP contribution in [0.1, 0.15) is 11.1 Å². The molecule has 0 aliphatic carbocycles. The molecule has 0 aliphatic rings. The van der Waals surface area contributed by atoms with Crippen molar-refractivity contribution >= 4 is 10.1 Å². The molecule has 0 heterocycles. The lowest BCUT2D eigenvalue weighted by atomic mass is 10.2. The zero-order chi connectivity index (χ0) is 17.3. The summed E-state index contributed by atoms with van der Waals surface area (Å²) in [6.07, 6.45) is 0. The third kappa shape index (κ3) is 6.41. The normalized spacial score (nSPS) is 11.5. The van der Waals surface area contributed by atoms with Crippen molar-refractivity contribution in [3.63, 3.8) is 0 Å².